The Bertz CT molecular complexity index is 338. The number of hydrogen-bond acceptors (Lipinski definition) is 4. The predicted octanol–water partition coefficient (Wildman–Crippen LogP) is 2.77. The molecule has 0 amide bonds. The van der Waals surface area contributed by atoms with Crippen molar-refractivity contribution in [1.29, 1.82) is 0 Å². The molecule has 0 aliphatic heterocycles. The SMILES string of the molecule is CCC(C)(C)Nc1nc(NC)ncc1Cl. The lowest BCUT2D eigenvalue weighted by atomic mass is 10.0. The van der Waals surface area contributed by atoms with Gasteiger partial charge in [-0.15, -0.1) is 0 Å². The molecule has 0 aliphatic rings. The summed E-state index contributed by atoms with van der Waals surface area (Å²) in [5, 5.41) is 6.70. The van der Waals surface area contributed by atoms with Gasteiger partial charge in [0.05, 0.1) is 6.20 Å². The Morgan fingerprint density at radius 3 is 2.67 bits per heavy atom. The van der Waals surface area contributed by atoms with E-state index in [1.165, 1.54) is 0 Å². The van der Waals surface area contributed by atoms with Crippen molar-refractivity contribution in [3.63, 3.8) is 0 Å². The predicted molar refractivity (Wildman–Crippen MR) is 64.6 cm³/mol. The quantitative estimate of drug-likeness (QED) is 0.832. The second-order valence-corrected chi connectivity index (χ2v) is 4.41. The highest BCUT2D eigenvalue weighted by Crippen LogP contribution is 2.24. The molecule has 0 aliphatic carbocycles. The zero-order valence-electron chi connectivity index (χ0n) is 9.56. The Hall–Kier alpha value is -1.03. The van der Waals surface area contributed by atoms with Gasteiger partial charge in [-0.2, -0.15) is 4.98 Å². The summed E-state index contributed by atoms with van der Waals surface area (Å²) in [5.74, 6) is 1.23. The zero-order chi connectivity index (χ0) is 11.5. The van der Waals surface area contributed by atoms with Crippen molar-refractivity contribution in [2.75, 3.05) is 17.7 Å². The molecule has 0 saturated carbocycles. The molecule has 1 aromatic heterocycles. The highest BCUT2D eigenvalue weighted by atomic mass is 35.5. The van der Waals surface area contributed by atoms with Crippen molar-refractivity contribution in [3.8, 4) is 0 Å². The Morgan fingerprint density at radius 1 is 1.47 bits per heavy atom. The molecule has 2 N–H and O–H groups in total. The van der Waals surface area contributed by atoms with Crippen molar-refractivity contribution in [3.05, 3.63) is 11.2 Å². The maximum atomic E-state index is 6.00. The minimum absolute atomic E-state index is 0.0248. The molecular weight excluding hydrogens is 212 g/mol. The van der Waals surface area contributed by atoms with Crippen LogP contribution in [-0.2, 0) is 0 Å². The number of halogens is 1. The first kappa shape index (κ1) is 12.0. The van der Waals surface area contributed by atoms with Gasteiger partial charge in [-0.1, -0.05) is 18.5 Å². The molecule has 1 heterocycles. The Morgan fingerprint density at radius 2 is 2.13 bits per heavy atom. The van der Waals surface area contributed by atoms with Crippen LogP contribution in [0.3, 0.4) is 0 Å². The molecule has 1 rings (SSSR count). The van der Waals surface area contributed by atoms with Crippen LogP contribution in [0.2, 0.25) is 5.02 Å². The molecule has 4 nitrogen and oxygen atoms in total. The lowest BCUT2D eigenvalue weighted by Crippen LogP contribution is -2.30. The van der Waals surface area contributed by atoms with Crippen LogP contribution in [0.4, 0.5) is 11.8 Å². The van der Waals surface area contributed by atoms with E-state index in [1.54, 1.807) is 13.2 Å². The molecule has 0 unspecified atom stereocenters. The van der Waals surface area contributed by atoms with Gasteiger partial charge in [0.1, 0.15) is 5.02 Å². The van der Waals surface area contributed by atoms with Gasteiger partial charge in [0, 0.05) is 12.6 Å². The first-order chi connectivity index (χ1) is 6.98. The van der Waals surface area contributed by atoms with Gasteiger partial charge >= 0.3 is 0 Å². The lowest BCUT2D eigenvalue weighted by Gasteiger charge is -2.25. The van der Waals surface area contributed by atoms with Crippen LogP contribution >= 0.6 is 11.6 Å². The van der Waals surface area contributed by atoms with Crippen LogP contribution in [0.1, 0.15) is 27.2 Å². The van der Waals surface area contributed by atoms with Gasteiger partial charge in [0.15, 0.2) is 5.82 Å². The van der Waals surface area contributed by atoms with E-state index in [0.29, 0.717) is 16.8 Å². The third kappa shape index (κ3) is 3.23. The van der Waals surface area contributed by atoms with E-state index < -0.39 is 0 Å². The average molecular weight is 229 g/mol. The summed E-state index contributed by atoms with van der Waals surface area (Å²) < 4.78 is 0. The number of nitrogens with zero attached hydrogens (tertiary/aromatic N) is 2. The summed E-state index contributed by atoms with van der Waals surface area (Å²) in [4.78, 5) is 8.28. The van der Waals surface area contributed by atoms with Crippen LogP contribution in [0.25, 0.3) is 0 Å². The topological polar surface area (TPSA) is 49.8 Å². The van der Waals surface area contributed by atoms with Crippen molar-refractivity contribution >= 4 is 23.4 Å². The monoisotopic (exact) mass is 228 g/mol. The Balaban J connectivity index is 2.93. The van der Waals surface area contributed by atoms with E-state index >= 15 is 0 Å². The fourth-order valence-corrected chi connectivity index (χ4v) is 1.12. The van der Waals surface area contributed by atoms with Crippen LogP contribution < -0.4 is 10.6 Å². The molecule has 0 atom stereocenters. The minimum Gasteiger partial charge on any atom is -0.364 e. The van der Waals surface area contributed by atoms with E-state index in [2.05, 4.69) is 41.4 Å². The molecule has 0 spiro atoms. The summed E-state index contributed by atoms with van der Waals surface area (Å²) >= 11 is 6.00. The smallest absolute Gasteiger partial charge is 0.224 e. The molecular formula is C10H17ClN4. The molecule has 0 radical (unpaired) electrons. The molecule has 0 aromatic carbocycles. The van der Waals surface area contributed by atoms with Crippen molar-refractivity contribution in [2.24, 2.45) is 0 Å². The summed E-state index contributed by atoms with van der Waals surface area (Å²) in [6.45, 7) is 6.32. The van der Waals surface area contributed by atoms with Crippen LogP contribution in [0.5, 0.6) is 0 Å². The highest BCUT2D eigenvalue weighted by molar-refractivity contribution is 6.32. The number of nitrogens with one attached hydrogen (secondary N) is 2. The number of rotatable bonds is 4. The molecule has 5 heteroatoms. The first-order valence-electron chi connectivity index (χ1n) is 4.97. The number of hydrogen-bond donors (Lipinski definition) is 2. The third-order valence-electron chi connectivity index (χ3n) is 2.31. The summed E-state index contributed by atoms with van der Waals surface area (Å²) in [7, 11) is 1.78. The van der Waals surface area contributed by atoms with Crippen molar-refractivity contribution in [2.45, 2.75) is 32.7 Å². The Kier molecular flexibility index (Phi) is 3.74. The highest BCUT2D eigenvalue weighted by Gasteiger charge is 2.17. The van der Waals surface area contributed by atoms with Crippen LogP contribution in [-0.4, -0.2) is 22.6 Å². The van der Waals surface area contributed by atoms with E-state index in [9.17, 15) is 0 Å². The van der Waals surface area contributed by atoms with Gasteiger partial charge in [-0.05, 0) is 20.3 Å². The van der Waals surface area contributed by atoms with E-state index in [4.69, 9.17) is 11.6 Å². The van der Waals surface area contributed by atoms with Crippen LogP contribution in [0, 0.1) is 0 Å². The van der Waals surface area contributed by atoms with Crippen molar-refractivity contribution in [1.82, 2.24) is 9.97 Å². The second-order valence-electron chi connectivity index (χ2n) is 4.00. The zero-order valence-corrected chi connectivity index (χ0v) is 10.3. The number of anilines is 2. The molecule has 84 valence electrons. The Labute approximate surface area is 95.5 Å². The van der Waals surface area contributed by atoms with E-state index in [1.807, 2.05) is 0 Å². The van der Waals surface area contributed by atoms with Gasteiger partial charge in [0.25, 0.3) is 0 Å². The molecule has 0 bridgehead atoms. The van der Waals surface area contributed by atoms with Crippen LogP contribution in [0.15, 0.2) is 6.20 Å². The van der Waals surface area contributed by atoms with Gasteiger partial charge < -0.3 is 10.6 Å². The molecule has 15 heavy (non-hydrogen) atoms. The van der Waals surface area contributed by atoms with Gasteiger partial charge in [0.2, 0.25) is 5.95 Å². The van der Waals surface area contributed by atoms with Gasteiger partial charge in [-0.3, -0.25) is 0 Å². The minimum atomic E-state index is -0.0248. The van der Waals surface area contributed by atoms with Gasteiger partial charge in [-0.25, -0.2) is 4.98 Å². The number of aromatic nitrogens is 2. The fourth-order valence-electron chi connectivity index (χ4n) is 0.984. The van der Waals surface area contributed by atoms with Crippen molar-refractivity contribution < 1.29 is 0 Å². The first-order valence-corrected chi connectivity index (χ1v) is 5.35. The average Bonchev–Trinajstić information content (AvgIpc) is 2.21. The summed E-state index contributed by atoms with van der Waals surface area (Å²) in [6.07, 6.45) is 2.58. The molecule has 0 saturated heterocycles. The summed E-state index contributed by atoms with van der Waals surface area (Å²) in [6, 6.07) is 0. The third-order valence-corrected chi connectivity index (χ3v) is 2.58. The largest absolute Gasteiger partial charge is 0.364 e. The fraction of sp³-hybridized carbons (Fsp3) is 0.600. The van der Waals surface area contributed by atoms with E-state index in [0.717, 1.165) is 6.42 Å². The lowest BCUT2D eigenvalue weighted by molar-refractivity contribution is 0.545. The molecule has 0 fully saturated rings. The summed E-state index contributed by atoms with van der Waals surface area (Å²) in [5.41, 5.74) is -0.0248. The maximum Gasteiger partial charge on any atom is 0.224 e. The normalized spacial score (nSPS) is 11.3. The maximum absolute atomic E-state index is 6.00. The van der Waals surface area contributed by atoms with E-state index in [-0.39, 0.29) is 5.54 Å². The second kappa shape index (κ2) is 4.66. The standard InChI is InChI=1S/C10H17ClN4/c1-5-10(2,3)15-8-7(11)6-13-9(12-4)14-8/h6H,5H2,1-4H3,(H2,12,13,14,15). The molecule has 1 aromatic rings.